The average molecular weight is 270 g/mol. The van der Waals surface area contributed by atoms with Crippen LogP contribution in [-0.4, -0.2) is 27.6 Å². The van der Waals surface area contributed by atoms with Crippen LogP contribution in [0, 0.1) is 5.41 Å². The zero-order valence-corrected chi connectivity index (χ0v) is 11.9. The van der Waals surface area contributed by atoms with Crippen LogP contribution in [0.2, 0.25) is 0 Å². The van der Waals surface area contributed by atoms with E-state index in [1.807, 2.05) is 12.3 Å². The van der Waals surface area contributed by atoms with Crippen molar-refractivity contribution in [3.05, 3.63) is 11.6 Å². The first-order valence-corrected chi connectivity index (χ1v) is 7.57. The highest BCUT2D eigenvalue weighted by Gasteiger charge is 2.36. The third-order valence-corrected chi connectivity index (χ3v) is 5.17. The fraction of sp³-hybridized carbons (Fsp3) is 0.769. The zero-order valence-electron chi connectivity index (χ0n) is 11.1. The molecule has 4 nitrogen and oxygen atoms in total. The number of amides is 1. The lowest BCUT2D eigenvalue weighted by molar-refractivity contribution is -0.133. The number of thioether (sulfide) groups is 1. The Bertz CT molecular complexity index is 340. The van der Waals surface area contributed by atoms with E-state index in [1.165, 1.54) is 23.2 Å². The van der Waals surface area contributed by atoms with Crippen molar-refractivity contribution < 1.29 is 10.0 Å². The van der Waals surface area contributed by atoms with Gasteiger partial charge in [-0.15, -0.1) is 11.8 Å². The molecule has 2 N–H and O–H groups in total. The molecule has 1 heterocycles. The molecule has 0 radical (unpaired) electrons. The highest BCUT2D eigenvalue weighted by molar-refractivity contribution is 8.02. The van der Waals surface area contributed by atoms with Gasteiger partial charge in [-0.2, -0.15) is 0 Å². The summed E-state index contributed by atoms with van der Waals surface area (Å²) in [6, 6.07) is -0.0683. The highest BCUT2D eigenvalue weighted by Crippen LogP contribution is 2.36. The summed E-state index contributed by atoms with van der Waals surface area (Å²) in [7, 11) is 0. The summed E-state index contributed by atoms with van der Waals surface area (Å²) in [4.78, 5) is 12.4. The van der Waals surface area contributed by atoms with Crippen molar-refractivity contribution in [2.45, 2.75) is 57.4 Å². The summed E-state index contributed by atoms with van der Waals surface area (Å²) in [5, 5.41) is 15.6. The Labute approximate surface area is 113 Å². The van der Waals surface area contributed by atoms with Crippen LogP contribution in [0.5, 0.6) is 0 Å². The molecule has 2 aliphatic rings. The van der Waals surface area contributed by atoms with E-state index in [0.717, 1.165) is 25.7 Å². The molecule has 1 unspecified atom stereocenters. The van der Waals surface area contributed by atoms with Gasteiger partial charge in [-0.3, -0.25) is 10.0 Å². The standard InChI is InChI=1S/C13H22N2O2S/c1-10(11-15(17)8-9-18-11)14-12(16)13(2)6-4-3-5-7-13/h8-11,17H,3-7H2,1-2H3,(H,14,16)/t10-,11?/m0/s1. The van der Waals surface area contributed by atoms with E-state index in [0.29, 0.717) is 0 Å². The van der Waals surface area contributed by atoms with Crippen LogP contribution in [0.15, 0.2) is 11.6 Å². The smallest absolute Gasteiger partial charge is 0.226 e. The molecule has 0 bridgehead atoms. The lowest BCUT2D eigenvalue weighted by Crippen LogP contribution is -2.49. The molecule has 1 aliphatic carbocycles. The van der Waals surface area contributed by atoms with E-state index in [9.17, 15) is 10.0 Å². The quantitative estimate of drug-likeness (QED) is 0.828. The second-order valence-corrected chi connectivity index (χ2v) is 6.60. The summed E-state index contributed by atoms with van der Waals surface area (Å²) < 4.78 is 0. The summed E-state index contributed by atoms with van der Waals surface area (Å²) in [6.45, 7) is 4.00. The molecule has 102 valence electrons. The Morgan fingerprint density at radius 3 is 2.72 bits per heavy atom. The number of carbonyl (C=O) groups excluding carboxylic acids is 1. The van der Waals surface area contributed by atoms with Gasteiger partial charge in [0.05, 0.1) is 6.04 Å². The summed E-state index contributed by atoms with van der Waals surface area (Å²) in [6.07, 6.45) is 7.11. The van der Waals surface area contributed by atoms with Crippen molar-refractivity contribution in [1.29, 1.82) is 0 Å². The van der Waals surface area contributed by atoms with Gasteiger partial charge in [0, 0.05) is 11.6 Å². The number of hydrogen-bond donors (Lipinski definition) is 2. The minimum absolute atomic E-state index is 0.0683. The molecule has 2 rings (SSSR count). The average Bonchev–Trinajstić information content (AvgIpc) is 2.76. The van der Waals surface area contributed by atoms with Gasteiger partial charge in [0.2, 0.25) is 5.91 Å². The lowest BCUT2D eigenvalue weighted by atomic mass is 9.75. The number of nitrogens with one attached hydrogen (secondary N) is 1. The Morgan fingerprint density at radius 2 is 2.17 bits per heavy atom. The maximum absolute atomic E-state index is 12.4. The molecule has 0 saturated heterocycles. The minimum atomic E-state index is -0.219. The number of rotatable bonds is 3. The molecular formula is C13H22N2O2S. The van der Waals surface area contributed by atoms with Crippen LogP contribution in [0.3, 0.4) is 0 Å². The fourth-order valence-electron chi connectivity index (χ4n) is 2.68. The van der Waals surface area contributed by atoms with Gasteiger partial charge in [-0.25, -0.2) is 5.06 Å². The second-order valence-electron chi connectivity index (χ2n) is 5.58. The third kappa shape index (κ3) is 2.83. The van der Waals surface area contributed by atoms with E-state index in [2.05, 4.69) is 12.2 Å². The predicted octanol–water partition coefficient (Wildman–Crippen LogP) is 2.70. The first-order chi connectivity index (χ1) is 8.53. The van der Waals surface area contributed by atoms with Gasteiger partial charge >= 0.3 is 0 Å². The number of hydrogen-bond acceptors (Lipinski definition) is 4. The molecule has 2 atom stereocenters. The van der Waals surface area contributed by atoms with Crippen molar-refractivity contribution in [2.24, 2.45) is 5.41 Å². The van der Waals surface area contributed by atoms with Gasteiger partial charge in [0.25, 0.3) is 0 Å². The van der Waals surface area contributed by atoms with E-state index in [1.54, 1.807) is 6.20 Å². The molecule has 18 heavy (non-hydrogen) atoms. The molecule has 5 heteroatoms. The van der Waals surface area contributed by atoms with Crippen LogP contribution in [-0.2, 0) is 4.79 Å². The van der Waals surface area contributed by atoms with E-state index < -0.39 is 0 Å². The van der Waals surface area contributed by atoms with E-state index >= 15 is 0 Å². The van der Waals surface area contributed by atoms with Crippen molar-refractivity contribution >= 4 is 17.7 Å². The SMILES string of the molecule is C[C@H](NC(=O)C1(C)CCCCC1)C1SC=CN1O. The topological polar surface area (TPSA) is 52.6 Å². The van der Waals surface area contributed by atoms with Crippen molar-refractivity contribution in [1.82, 2.24) is 10.4 Å². The van der Waals surface area contributed by atoms with Crippen LogP contribution >= 0.6 is 11.8 Å². The summed E-state index contributed by atoms with van der Waals surface area (Å²) in [5.74, 6) is 0.135. The first kappa shape index (κ1) is 13.7. The highest BCUT2D eigenvalue weighted by atomic mass is 32.2. The third-order valence-electron chi connectivity index (χ3n) is 3.98. The lowest BCUT2D eigenvalue weighted by Gasteiger charge is -2.34. The molecule has 0 aromatic carbocycles. The van der Waals surface area contributed by atoms with Crippen LogP contribution < -0.4 is 5.32 Å². The number of carbonyl (C=O) groups is 1. The Hall–Kier alpha value is -0.680. The first-order valence-electron chi connectivity index (χ1n) is 6.63. The molecule has 1 fully saturated rings. The number of nitrogens with zero attached hydrogens (tertiary/aromatic N) is 1. The van der Waals surface area contributed by atoms with Crippen molar-refractivity contribution in [2.75, 3.05) is 0 Å². The maximum atomic E-state index is 12.4. The summed E-state index contributed by atoms with van der Waals surface area (Å²) in [5.41, 5.74) is -0.219. The zero-order chi connectivity index (χ0) is 13.2. The Kier molecular flexibility index (Phi) is 4.22. The molecule has 0 aromatic rings. The molecular weight excluding hydrogens is 248 g/mol. The molecule has 1 saturated carbocycles. The van der Waals surface area contributed by atoms with E-state index in [-0.39, 0.29) is 22.7 Å². The van der Waals surface area contributed by atoms with Crippen LogP contribution in [0.25, 0.3) is 0 Å². The van der Waals surface area contributed by atoms with Gasteiger partial charge in [-0.1, -0.05) is 26.2 Å². The molecule has 1 amide bonds. The van der Waals surface area contributed by atoms with Gasteiger partial charge in [0.1, 0.15) is 5.37 Å². The van der Waals surface area contributed by atoms with E-state index in [4.69, 9.17) is 0 Å². The Morgan fingerprint density at radius 1 is 1.50 bits per heavy atom. The second kappa shape index (κ2) is 5.53. The predicted molar refractivity (Wildman–Crippen MR) is 72.9 cm³/mol. The normalized spacial score (nSPS) is 28.2. The van der Waals surface area contributed by atoms with Gasteiger partial charge in [-0.05, 0) is 25.2 Å². The van der Waals surface area contributed by atoms with Crippen LogP contribution in [0.1, 0.15) is 46.0 Å². The Balaban J connectivity index is 1.90. The van der Waals surface area contributed by atoms with Crippen molar-refractivity contribution in [3.63, 3.8) is 0 Å². The minimum Gasteiger partial charge on any atom is -0.350 e. The number of hydroxylamine groups is 2. The fourth-order valence-corrected chi connectivity index (χ4v) is 3.54. The molecule has 0 aromatic heterocycles. The summed E-state index contributed by atoms with van der Waals surface area (Å²) >= 11 is 1.53. The van der Waals surface area contributed by atoms with Crippen LogP contribution in [0.4, 0.5) is 0 Å². The van der Waals surface area contributed by atoms with Gasteiger partial charge < -0.3 is 5.32 Å². The van der Waals surface area contributed by atoms with Crippen molar-refractivity contribution in [3.8, 4) is 0 Å². The molecule has 0 spiro atoms. The molecule has 1 aliphatic heterocycles. The largest absolute Gasteiger partial charge is 0.350 e. The maximum Gasteiger partial charge on any atom is 0.226 e. The van der Waals surface area contributed by atoms with Gasteiger partial charge in [0.15, 0.2) is 0 Å². The monoisotopic (exact) mass is 270 g/mol.